The molecule has 2 aliphatic heterocycles. The minimum absolute atomic E-state index is 0.0187. The van der Waals surface area contributed by atoms with Gasteiger partial charge in [-0.25, -0.2) is 0 Å². The lowest BCUT2D eigenvalue weighted by atomic mass is 9.79. The van der Waals surface area contributed by atoms with Gasteiger partial charge >= 0.3 is 0 Å². The number of hydrogen-bond acceptors (Lipinski definition) is 2. The van der Waals surface area contributed by atoms with Gasteiger partial charge in [0.2, 0.25) is 0 Å². The molecule has 0 unspecified atom stereocenters. The lowest BCUT2D eigenvalue weighted by molar-refractivity contribution is -0.0802. The minimum atomic E-state index is 0.0187. The van der Waals surface area contributed by atoms with Crippen LogP contribution >= 0.6 is 0 Å². The summed E-state index contributed by atoms with van der Waals surface area (Å²) in [5, 5.41) is 3.42. The molecule has 1 saturated heterocycles. The molecule has 0 radical (unpaired) electrons. The summed E-state index contributed by atoms with van der Waals surface area (Å²) in [6, 6.07) is 6.84. The Balaban J connectivity index is 2.06. The number of piperidine rings is 1. The monoisotopic (exact) mass is 217 g/mol. The van der Waals surface area contributed by atoms with Crippen LogP contribution in [0, 0.1) is 6.92 Å². The van der Waals surface area contributed by atoms with Crippen LogP contribution in [0.3, 0.4) is 0 Å². The Morgan fingerprint density at radius 1 is 1.25 bits per heavy atom. The molecule has 0 aromatic heterocycles. The highest BCUT2D eigenvalue weighted by Gasteiger charge is 2.38. The van der Waals surface area contributed by atoms with Gasteiger partial charge in [-0.3, -0.25) is 0 Å². The second-order valence-corrected chi connectivity index (χ2v) is 5.00. The van der Waals surface area contributed by atoms with E-state index in [-0.39, 0.29) is 5.60 Å². The molecule has 0 bridgehead atoms. The van der Waals surface area contributed by atoms with E-state index in [9.17, 15) is 0 Å². The average Bonchev–Trinajstić information content (AvgIpc) is 2.32. The molecular formula is C14H19NO. The first-order chi connectivity index (χ1) is 7.80. The summed E-state index contributed by atoms with van der Waals surface area (Å²) in [6.45, 7) is 5.21. The topological polar surface area (TPSA) is 21.3 Å². The number of ether oxygens (including phenoxy) is 1. The number of aryl methyl sites for hydroxylation is 1. The van der Waals surface area contributed by atoms with Gasteiger partial charge in [0.05, 0.1) is 12.2 Å². The Morgan fingerprint density at radius 3 is 2.88 bits per heavy atom. The summed E-state index contributed by atoms with van der Waals surface area (Å²) in [5.41, 5.74) is 4.33. The van der Waals surface area contributed by atoms with Crippen LogP contribution in [0.4, 0.5) is 0 Å². The first kappa shape index (κ1) is 10.3. The molecule has 0 amide bonds. The Kier molecular flexibility index (Phi) is 2.49. The molecule has 2 aliphatic rings. The van der Waals surface area contributed by atoms with Crippen LogP contribution < -0.4 is 5.32 Å². The van der Waals surface area contributed by atoms with Crippen molar-refractivity contribution < 1.29 is 4.74 Å². The smallest absolute Gasteiger partial charge is 0.0958 e. The van der Waals surface area contributed by atoms with Crippen molar-refractivity contribution >= 4 is 0 Å². The highest BCUT2D eigenvalue weighted by atomic mass is 16.5. The first-order valence-electron chi connectivity index (χ1n) is 6.25. The summed E-state index contributed by atoms with van der Waals surface area (Å²) >= 11 is 0. The van der Waals surface area contributed by atoms with Gasteiger partial charge in [-0.2, -0.15) is 0 Å². The Bertz CT molecular complexity index is 394. The highest BCUT2D eigenvalue weighted by molar-refractivity contribution is 5.38. The number of nitrogens with one attached hydrogen (secondary N) is 1. The SMILES string of the molecule is Cc1ccc2c(c1)C1(CCNCC1)OCC2. The van der Waals surface area contributed by atoms with E-state index in [4.69, 9.17) is 4.74 Å². The number of fused-ring (bicyclic) bond motifs is 2. The predicted octanol–water partition coefficient (Wildman–Crippen LogP) is 2.15. The van der Waals surface area contributed by atoms with Crippen molar-refractivity contribution in [3.63, 3.8) is 0 Å². The maximum absolute atomic E-state index is 6.15. The molecule has 0 aliphatic carbocycles. The molecule has 1 aromatic rings. The van der Waals surface area contributed by atoms with Crippen LogP contribution in [0.15, 0.2) is 18.2 Å². The number of benzene rings is 1. The second-order valence-electron chi connectivity index (χ2n) is 5.00. The lowest BCUT2D eigenvalue weighted by Gasteiger charge is -2.42. The van der Waals surface area contributed by atoms with Crippen molar-refractivity contribution in [2.45, 2.75) is 31.8 Å². The van der Waals surface area contributed by atoms with E-state index in [1.165, 1.54) is 16.7 Å². The molecule has 86 valence electrons. The molecule has 1 aromatic carbocycles. The Morgan fingerprint density at radius 2 is 2.06 bits per heavy atom. The van der Waals surface area contributed by atoms with Gasteiger partial charge in [-0.1, -0.05) is 23.8 Å². The lowest BCUT2D eigenvalue weighted by Crippen LogP contribution is -2.44. The highest BCUT2D eigenvalue weighted by Crippen LogP contribution is 2.40. The van der Waals surface area contributed by atoms with Crippen LogP contribution in [0.25, 0.3) is 0 Å². The third-order valence-corrected chi connectivity index (χ3v) is 3.92. The summed E-state index contributed by atoms with van der Waals surface area (Å²) < 4.78 is 6.15. The van der Waals surface area contributed by atoms with Gasteiger partial charge in [0.1, 0.15) is 0 Å². The van der Waals surface area contributed by atoms with E-state index in [1.807, 2.05) is 0 Å². The van der Waals surface area contributed by atoms with Gasteiger partial charge in [0.25, 0.3) is 0 Å². The van der Waals surface area contributed by atoms with E-state index in [0.29, 0.717) is 0 Å². The molecule has 2 nitrogen and oxygen atoms in total. The van der Waals surface area contributed by atoms with Crippen LogP contribution in [0.5, 0.6) is 0 Å². The van der Waals surface area contributed by atoms with Crippen molar-refractivity contribution in [2.24, 2.45) is 0 Å². The Hall–Kier alpha value is -0.860. The third kappa shape index (κ3) is 1.57. The zero-order chi connectivity index (χ0) is 11.0. The van der Waals surface area contributed by atoms with E-state index < -0.39 is 0 Å². The molecule has 1 N–H and O–H groups in total. The zero-order valence-electron chi connectivity index (χ0n) is 9.88. The Labute approximate surface area is 97.0 Å². The summed E-state index contributed by atoms with van der Waals surface area (Å²) in [7, 11) is 0. The fourth-order valence-electron chi connectivity index (χ4n) is 3.01. The molecular weight excluding hydrogens is 198 g/mol. The summed E-state index contributed by atoms with van der Waals surface area (Å²) in [4.78, 5) is 0. The van der Waals surface area contributed by atoms with Gasteiger partial charge in [0.15, 0.2) is 0 Å². The van der Waals surface area contributed by atoms with Gasteiger partial charge in [-0.05, 0) is 50.4 Å². The van der Waals surface area contributed by atoms with Crippen LogP contribution in [-0.2, 0) is 16.8 Å². The van der Waals surface area contributed by atoms with Crippen LogP contribution in [0.2, 0.25) is 0 Å². The molecule has 2 heterocycles. The molecule has 1 spiro atoms. The standard InChI is InChI=1S/C14H19NO/c1-11-2-3-12-4-9-16-14(13(12)10-11)5-7-15-8-6-14/h2-3,10,15H,4-9H2,1H3. The molecule has 3 rings (SSSR count). The molecule has 0 saturated carbocycles. The normalized spacial score (nSPS) is 23.1. The number of rotatable bonds is 0. The van der Waals surface area contributed by atoms with Crippen molar-refractivity contribution in [1.29, 1.82) is 0 Å². The summed E-state index contributed by atoms with van der Waals surface area (Å²) in [5.74, 6) is 0. The second kappa shape index (κ2) is 3.86. The van der Waals surface area contributed by atoms with Gasteiger partial charge in [0, 0.05) is 0 Å². The average molecular weight is 217 g/mol. The van der Waals surface area contributed by atoms with E-state index in [2.05, 4.69) is 30.4 Å². The molecule has 2 heteroatoms. The largest absolute Gasteiger partial charge is 0.370 e. The fraction of sp³-hybridized carbons (Fsp3) is 0.571. The van der Waals surface area contributed by atoms with Crippen molar-refractivity contribution in [3.05, 3.63) is 34.9 Å². The van der Waals surface area contributed by atoms with E-state index in [1.54, 1.807) is 0 Å². The van der Waals surface area contributed by atoms with Gasteiger partial charge in [-0.15, -0.1) is 0 Å². The predicted molar refractivity (Wildman–Crippen MR) is 64.6 cm³/mol. The first-order valence-corrected chi connectivity index (χ1v) is 6.25. The maximum atomic E-state index is 6.15. The fourth-order valence-corrected chi connectivity index (χ4v) is 3.01. The summed E-state index contributed by atoms with van der Waals surface area (Å²) in [6.07, 6.45) is 3.30. The maximum Gasteiger partial charge on any atom is 0.0958 e. The quantitative estimate of drug-likeness (QED) is 0.719. The zero-order valence-corrected chi connectivity index (χ0v) is 9.88. The van der Waals surface area contributed by atoms with Crippen LogP contribution in [-0.4, -0.2) is 19.7 Å². The van der Waals surface area contributed by atoms with Gasteiger partial charge < -0.3 is 10.1 Å². The third-order valence-electron chi connectivity index (χ3n) is 3.92. The van der Waals surface area contributed by atoms with Crippen molar-refractivity contribution in [2.75, 3.05) is 19.7 Å². The molecule has 1 fully saturated rings. The van der Waals surface area contributed by atoms with Crippen molar-refractivity contribution in [3.8, 4) is 0 Å². The number of hydrogen-bond donors (Lipinski definition) is 1. The van der Waals surface area contributed by atoms with E-state index >= 15 is 0 Å². The minimum Gasteiger partial charge on any atom is -0.370 e. The van der Waals surface area contributed by atoms with E-state index in [0.717, 1.165) is 39.0 Å². The van der Waals surface area contributed by atoms with Crippen molar-refractivity contribution in [1.82, 2.24) is 5.32 Å². The molecule has 16 heavy (non-hydrogen) atoms. The van der Waals surface area contributed by atoms with Crippen LogP contribution in [0.1, 0.15) is 29.5 Å². The molecule has 0 atom stereocenters.